The van der Waals surface area contributed by atoms with E-state index in [4.69, 9.17) is 14.2 Å². The summed E-state index contributed by atoms with van der Waals surface area (Å²) >= 11 is 0. The third-order valence-electron chi connectivity index (χ3n) is 5.76. The molecule has 1 heterocycles. The molecule has 0 bridgehead atoms. The Kier molecular flexibility index (Phi) is 6.31. The lowest BCUT2D eigenvalue weighted by atomic mass is 9.99. The summed E-state index contributed by atoms with van der Waals surface area (Å²) < 4.78 is 15.9. The number of ether oxygens (including phenoxy) is 3. The fourth-order valence-corrected chi connectivity index (χ4v) is 4.07. The highest BCUT2D eigenvalue weighted by atomic mass is 16.5. The van der Waals surface area contributed by atoms with Gasteiger partial charge in [0.15, 0.2) is 11.5 Å². The summed E-state index contributed by atoms with van der Waals surface area (Å²) in [6, 6.07) is 3.70. The molecule has 0 radical (unpaired) electrons. The lowest BCUT2D eigenvalue weighted by Crippen LogP contribution is -2.44. The largest absolute Gasteiger partial charge is 0.493 e. The Hall–Kier alpha value is -2.44. The van der Waals surface area contributed by atoms with Crippen molar-refractivity contribution in [3.05, 3.63) is 12.1 Å². The van der Waals surface area contributed by atoms with Crippen LogP contribution in [0, 0.1) is 11.8 Å². The van der Waals surface area contributed by atoms with Crippen molar-refractivity contribution in [2.24, 2.45) is 11.8 Å². The minimum absolute atomic E-state index is 0.136. The fourth-order valence-electron chi connectivity index (χ4n) is 4.07. The molecule has 3 rings (SSSR count). The number of hydrogen-bond donors (Lipinski definition) is 1. The molecule has 2 aliphatic rings. The highest BCUT2D eigenvalue weighted by molar-refractivity contribution is 6.00. The van der Waals surface area contributed by atoms with Crippen LogP contribution in [0.5, 0.6) is 17.2 Å². The van der Waals surface area contributed by atoms with E-state index in [2.05, 4.69) is 12.2 Å². The SMILES string of the molecule is CCC1CCCCN1C(=O)C1CC1C(=O)Nc1cc(OC)c(OC)c(OC)c1. The van der Waals surface area contributed by atoms with Crippen LogP contribution in [0.1, 0.15) is 39.0 Å². The Bertz CT molecular complexity index is 711. The topological polar surface area (TPSA) is 77.1 Å². The quantitative estimate of drug-likeness (QED) is 0.774. The monoisotopic (exact) mass is 390 g/mol. The van der Waals surface area contributed by atoms with Crippen molar-refractivity contribution in [2.75, 3.05) is 33.2 Å². The van der Waals surface area contributed by atoms with Gasteiger partial charge >= 0.3 is 0 Å². The van der Waals surface area contributed by atoms with E-state index in [1.165, 1.54) is 27.8 Å². The molecular weight excluding hydrogens is 360 g/mol. The molecule has 1 aliphatic heterocycles. The molecule has 7 heteroatoms. The van der Waals surface area contributed by atoms with Gasteiger partial charge in [0.05, 0.1) is 33.2 Å². The minimum atomic E-state index is -0.272. The molecule has 7 nitrogen and oxygen atoms in total. The van der Waals surface area contributed by atoms with E-state index in [9.17, 15) is 9.59 Å². The zero-order chi connectivity index (χ0) is 20.3. The Morgan fingerprint density at radius 3 is 2.32 bits per heavy atom. The summed E-state index contributed by atoms with van der Waals surface area (Å²) in [4.78, 5) is 27.6. The van der Waals surface area contributed by atoms with Gasteiger partial charge < -0.3 is 24.4 Å². The Morgan fingerprint density at radius 2 is 1.75 bits per heavy atom. The number of amides is 2. The number of benzene rings is 1. The van der Waals surface area contributed by atoms with Gasteiger partial charge in [-0.25, -0.2) is 0 Å². The number of likely N-dealkylation sites (tertiary alicyclic amines) is 1. The first-order valence-electron chi connectivity index (χ1n) is 9.95. The predicted octanol–water partition coefficient (Wildman–Crippen LogP) is 3.08. The van der Waals surface area contributed by atoms with E-state index in [1.807, 2.05) is 4.90 Å². The van der Waals surface area contributed by atoms with Crippen LogP contribution in [0.4, 0.5) is 5.69 Å². The number of methoxy groups -OCH3 is 3. The van der Waals surface area contributed by atoms with Crippen molar-refractivity contribution in [2.45, 2.75) is 45.1 Å². The van der Waals surface area contributed by atoms with Crippen LogP contribution in [0.2, 0.25) is 0 Å². The van der Waals surface area contributed by atoms with E-state index >= 15 is 0 Å². The van der Waals surface area contributed by atoms with E-state index in [-0.39, 0.29) is 23.7 Å². The van der Waals surface area contributed by atoms with Gasteiger partial charge in [-0.1, -0.05) is 6.92 Å². The van der Waals surface area contributed by atoms with Gasteiger partial charge in [-0.15, -0.1) is 0 Å². The average molecular weight is 390 g/mol. The number of nitrogens with zero attached hydrogens (tertiary/aromatic N) is 1. The van der Waals surface area contributed by atoms with E-state index < -0.39 is 0 Å². The molecule has 28 heavy (non-hydrogen) atoms. The molecule has 1 N–H and O–H groups in total. The highest BCUT2D eigenvalue weighted by Crippen LogP contribution is 2.44. The number of hydrogen-bond acceptors (Lipinski definition) is 5. The molecule has 0 spiro atoms. The van der Waals surface area contributed by atoms with Gasteiger partial charge in [0.1, 0.15) is 0 Å². The molecule has 154 valence electrons. The third-order valence-corrected chi connectivity index (χ3v) is 5.76. The lowest BCUT2D eigenvalue weighted by Gasteiger charge is -2.35. The van der Waals surface area contributed by atoms with Crippen LogP contribution in [-0.2, 0) is 9.59 Å². The Balaban J connectivity index is 1.66. The number of rotatable bonds is 7. The molecule has 0 aromatic heterocycles. The van der Waals surface area contributed by atoms with E-state index in [0.717, 1.165) is 25.8 Å². The summed E-state index contributed by atoms with van der Waals surface area (Å²) in [5, 5.41) is 2.89. The van der Waals surface area contributed by atoms with Crippen LogP contribution in [0.25, 0.3) is 0 Å². The molecule has 1 aliphatic carbocycles. The zero-order valence-corrected chi connectivity index (χ0v) is 17.1. The maximum absolute atomic E-state index is 12.9. The second-order valence-electron chi connectivity index (χ2n) is 7.44. The molecular formula is C21H30N2O5. The van der Waals surface area contributed by atoms with Gasteiger partial charge in [0.25, 0.3) is 0 Å². The Morgan fingerprint density at radius 1 is 1.07 bits per heavy atom. The molecule has 1 aromatic carbocycles. The summed E-state index contributed by atoms with van der Waals surface area (Å²) in [6.45, 7) is 2.94. The number of anilines is 1. The van der Waals surface area contributed by atoms with Gasteiger partial charge in [0.2, 0.25) is 17.6 Å². The molecule has 1 saturated carbocycles. The smallest absolute Gasteiger partial charge is 0.228 e. The highest BCUT2D eigenvalue weighted by Gasteiger charge is 2.50. The van der Waals surface area contributed by atoms with Crippen molar-refractivity contribution in [3.8, 4) is 17.2 Å². The average Bonchev–Trinajstić information content (AvgIpc) is 3.53. The molecule has 1 aromatic rings. The first-order valence-corrected chi connectivity index (χ1v) is 9.95. The third kappa shape index (κ3) is 4.03. The van der Waals surface area contributed by atoms with Crippen LogP contribution >= 0.6 is 0 Å². The summed E-state index contributed by atoms with van der Waals surface area (Å²) in [5.41, 5.74) is 0.557. The van der Waals surface area contributed by atoms with Crippen LogP contribution in [0.3, 0.4) is 0 Å². The normalized spacial score (nSPS) is 23.7. The summed E-state index contributed by atoms with van der Waals surface area (Å²) in [5.74, 6) is 0.937. The van der Waals surface area contributed by atoms with Crippen molar-refractivity contribution in [1.82, 2.24) is 4.90 Å². The fraction of sp³-hybridized carbons (Fsp3) is 0.619. The molecule has 1 saturated heterocycles. The molecule has 2 fully saturated rings. The predicted molar refractivity (Wildman–Crippen MR) is 106 cm³/mol. The first-order chi connectivity index (χ1) is 13.5. The Labute approximate surface area is 166 Å². The van der Waals surface area contributed by atoms with Gasteiger partial charge in [0, 0.05) is 30.4 Å². The summed E-state index contributed by atoms with van der Waals surface area (Å²) in [6.07, 6.45) is 4.88. The molecule has 3 atom stereocenters. The lowest BCUT2D eigenvalue weighted by molar-refractivity contribution is -0.137. The maximum atomic E-state index is 12.9. The van der Waals surface area contributed by atoms with Gasteiger partial charge in [-0.05, 0) is 32.1 Å². The van der Waals surface area contributed by atoms with Gasteiger partial charge in [-0.3, -0.25) is 9.59 Å². The zero-order valence-electron chi connectivity index (χ0n) is 17.1. The minimum Gasteiger partial charge on any atom is -0.493 e. The van der Waals surface area contributed by atoms with Crippen molar-refractivity contribution >= 4 is 17.5 Å². The molecule has 2 amide bonds. The maximum Gasteiger partial charge on any atom is 0.228 e. The van der Waals surface area contributed by atoms with Gasteiger partial charge in [-0.2, -0.15) is 0 Å². The number of carbonyl (C=O) groups excluding carboxylic acids is 2. The second kappa shape index (κ2) is 8.71. The van der Waals surface area contributed by atoms with E-state index in [0.29, 0.717) is 35.4 Å². The van der Waals surface area contributed by atoms with Crippen LogP contribution in [0.15, 0.2) is 12.1 Å². The van der Waals surface area contributed by atoms with Crippen molar-refractivity contribution in [1.29, 1.82) is 0 Å². The van der Waals surface area contributed by atoms with Crippen LogP contribution in [-0.4, -0.2) is 50.6 Å². The van der Waals surface area contributed by atoms with Crippen molar-refractivity contribution < 1.29 is 23.8 Å². The number of piperidine rings is 1. The van der Waals surface area contributed by atoms with Crippen molar-refractivity contribution in [3.63, 3.8) is 0 Å². The standard InChI is InChI=1S/C21H30N2O5/c1-5-14-8-6-7-9-23(14)21(25)16-12-15(16)20(24)22-13-10-17(26-2)19(28-4)18(11-13)27-3/h10-11,14-16H,5-9,12H2,1-4H3,(H,22,24). The number of carbonyl (C=O) groups is 2. The first kappa shape index (κ1) is 20.3. The second-order valence-corrected chi connectivity index (χ2v) is 7.44. The molecule has 3 unspecified atom stereocenters. The van der Waals surface area contributed by atoms with Crippen LogP contribution < -0.4 is 19.5 Å². The summed E-state index contributed by atoms with van der Waals surface area (Å²) in [7, 11) is 4.59. The van der Waals surface area contributed by atoms with E-state index in [1.54, 1.807) is 12.1 Å². The number of nitrogens with one attached hydrogen (secondary N) is 1.